The van der Waals surface area contributed by atoms with Crippen LogP contribution in [-0.2, 0) is 6.42 Å². The van der Waals surface area contributed by atoms with Crippen LogP contribution in [-0.4, -0.2) is 68.7 Å². The Kier molecular flexibility index (Phi) is 6.65. The number of methoxy groups -OCH3 is 2. The molecule has 1 saturated heterocycles. The normalized spacial score (nSPS) is 16.2. The van der Waals surface area contributed by atoms with Crippen LogP contribution in [0, 0.1) is 10.1 Å². The second-order valence-corrected chi connectivity index (χ2v) is 6.31. The maximum Gasteiger partial charge on any atom is 0.278 e. The zero-order valence-electron chi connectivity index (χ0n) is 14.4. The number of benzene rings is 1. The SMILES string of the molecule is COc1cc([N+](=O)[O-])c(CCCN2CCN(C)CC2)c(Cl)c1OC. The summed E-state index contributed by atoms with van der Waals surface area (Å²) in [4.78, 5) is 15.6. The minimum atomic E-state index is -0.418. The standard InChI is InChI=1S/C16H24ClN3O4/c1-18-7-9-19(10-8-18)6-4-5-12-13(20(21)22)11-14(23-2)16(24-3)15(12)17/h11H,4-10H2,1-3H3. The highest BCUT2D eigenvalue weighted by Crippen LogP contribution is 2.43. The molecule has 0 aromatic heterocycles. The fourth-order valence-electron chi connectivity index (χ4n) is 2.93. The van der Waals surface area contributed by atoms with E-state index in [9.17, 15) is 10.1 Å². The molecule has 0 spiro atoms. The van der Waals surface area contributed by atoms with Gasteiger partial charge in [-0.1, -0.05) is 11.6 Å². The zero-order valence-corrected chi connectivity index (χ0v) is 15.1. The maximum atomic E-state index is 11.4. The molecule has 1 aromatic carbocycles. The van der Waals surface area contributed by atoms with Gasteiger partial charge in [-0.15, -0.1) is 0 Å². The number of likely N-dealkylation sites (N-methyl/N-ethyl adjacent to an activating group) is 1. The molecule has 2 rings (SSSR count). The van der Waals surface area contributed by atoms with Gasteiger partial charge >= 0.3 is 0 Å². The van der Waals surface area contributed by atoms with Crippen LogP contribution >= 0.6 is 11.6 Å². The van der Waals surface area contributed by atoms with E-state index in [4.69, 9.17) is 21.1 Å². The molecule has 0 saturated carbocycles. The van der Waals surface area contributed by atoms with Gasteiger partial charge in [0.25, 0.3) is 5.69 Å². The highest BCUT2D eigenvalue weighted by atomic mass is 35.5. The van der Waals surface area contributed by atoms with Crippen molar-refractivity contribution in [3.8, 4) is 11.5 Å². The number of nitro benzene ring substituents is 1. The highest BCUT2D eigenvalue weighted by molar-refractivity contribution is 6.33. The van der Waals surface area contributed by atoms with E-state index in [1.54, 1.807) is 0 Å². The van der Waals surface area contributed by atoms with Gasteiger partial charge in [-0.2, -0.15) is 0 Å². The first-order valence-corrected chi connectivity index (χ1v) is 8.34. The lowest BCUT2D eigenvalue weighted by Crippen LogP contribution is -2.44. The van der Waals surface area contributed by atoms with Crippen molar-refractivity contribution >= 4 is 17.3 Å². The molecular weight excluding hydrogens is 334 g/mol. The van der Waals surface area contributed by atoms with Gasteiger partial charge in [-0.05, 0) is 26.4 Å². The van der Waals surface area contributed by atoms with Gasteiger partial charge in [0.1, 0.15) is 0 Å². The molecule has 0 aliphatic carbocycles. The molecule has 134 valence electrons. The molecule has 0 amide bonds. The number of piperazine rings is 1. The fourth-order valence-corrected chi connectivity index (χ4v) is 3.29. The number of nitro groups is 1. The molecule has 1 aliphatic rings. The summed E-state index contributed by atoms with van der Waals surface area (Å²) in [7, 11) is 5.03. The third kappa shape index (κ3) is 4.28. The van der Waals surface area contributed by atoms with Crippen LogP contribution in [0.5, 0.6) is 11.5 Å². The largest absolute Gasteiger partial charge is 0.493 e. The molecule has 7 nitrogen and oxygen atoms in total. The lowest BCUT2D eigenvalue weighted by Gasteiger charge is -2.32. The summed E-state index contributed by atoms with van der Waals surface area (Å²) in [5.41, 5.74) is 0.490. The zero-order chi connectivity index (χ0) is 17.7. The summed E-state index contributed by atoms with van der Waals surface area (Å²) in [6.45, 7) is 5.06. The van der Waals surface area contributed by atoms with Gasteiger partial charge in [0, 0.05) is 26.2 Å². The molecule has 1 fully saturated rings. The molecule has 1 aromatic rings. The van der Waals surface area contributed by atoms with Crippen LogP contribution < -0.4 is 9.47 Å². The Labute approximate surface area is 147 Å². The summed E-state index contributed by atoms with van der Waals surface area (Å²) < 4.78 is 10.4. The molecule has 1 heterocycles. The van der Waals surface area contributed by atoms with E-state index in [-0.39, 0.29) is 16.5 Å². The Balaban J connectivity index is 2.11. The molecule has 8 heteroatoms. The van der Waals surface area contributed by atoms with E-state index in [1.807, 2.05) is 0 Å². The molecule has 0 bridgehead atoms. The predicted octanol–water partition coefficient (Wildman–Crippen LogP) is 2.45. The molecule has 0 atom stereocenters. The van der Waals surface area contributed by atoms with Crippen molar-refractivity contribution in [2.75, 3.05) is 54.0 Å². The average molecular weight is 358 g/mol. The first kappa shape index (κ1) is 18.8. The van der Waals surface area contributed by atoms with E-state index >= 15 is 0 Å². The number of halogens is 1. The van der Waals surface area contributed by atoms with Crippen molar-refractivity contribution in [1.29, 1.82) is 0 Å². The van der Waals surface area contributed by atoms with Crippen molar-refractivity contribution < 1.29 is 14.4 Å². The Morgan fingerprint density at radius 1 is 1.25 bits per heavy atom. The molecule has 1 aliphatic heterocycles. The number of hydrogen-bond donors (Lipinski definition) is 0. The van der Waals surface area contributed by atoms with Crippen molar-refractivity contribution in [3.05, 3.63) is 26.8 Å². The lowest BCUT2D eigenvalue weighted by molar-refractivity contribution is -0.385. The molecule has 24 heavy (non-hydrogen) atoms. The summed E-state index contributed by atoms with van der Waals surface area (Å²) in [5, 5.41) is 11.6. The average Bonchev–Trinajstić information content (AvgIpc) is 2.57. The van der Waals surface area contributed by atoms with Gasteiger partial charge in [0.15, 0.2) is 11.5 Å². The number of ether oxygens (including phenoxy) is 2. The molecule has 0 unspecified atom stereocenters. The quantitative estimate of drug-likeness (QED) is 0.551. The van der Waals surface area contributed by atoms with E-state index in [2.05, 4.69) is 16.8 Å². The van der Waals surface area contributed by atoms with Crippen molar-refractivity contribution in [2.24, 2.45) is 0 Å². The van der Waals surface area contributed by atoms with Gasteiger partial charge in [0.2, 0.25) is 0 Å². The smallest absolute Gasteiger partial charge is 0.278 e. The van der Waals surface area contributed by atoms with Gasteiger partial charge in [0.05, 0.1) is 35.8 Å². The maximum absolute atomic E-state index is 11.4. The lowest BCUT2D eigenvalue weighted by atomic mass is 10.1. The van der Waals surface area contributed by atoms with Gasteiger partial charge in [-0.3, -0.25) is 10.1 Å². The third-order valence-electron chi connectivity index (χ3n) is 4.38. The Bertz CT molecular complexity index is 589. The first-order valence-electron chi connectivity index (χ1n) is 7.96. The number of hydrogen-bond acceptors (Lipinski definition) is 6. The van der Waals surface area contributed by atoms with Gasteiger partial charge in [-0.25, -0.2) is 0 Å². The van der Waals surface area contributed by atoms with E-state index in [0.717, 1.165) is 39.1 Å². The van der Waals surface area contributed by atoms with Gasteiger partial charge < -0.3 is 19.3 Å². The summed E-state index contributed by atoms with van der Waals surface area (Å²) in [6.07, 6.45) is 1.33. The van der Waals surface area contributed by atoms with Crippen molar-refractivity contribution in [3.63, 3.8) is 0 Å². The Morgan fingerprint density at radius 2 is 1.92 bits per heavy atom. The summed E-state index contributed by atoms with van der Waals surface area (Å²) in [6, 6.07) is 1.38. The van der Waals surface area contributed by atoms with Crippen molar-refractivity contribution in [2.45, 2.75) is 12.8 Å². The van der Waals surface area contributed by atoms with E-state index in [1.165, 1.54) is 20.3 Å². The minimum Gasteiger partial charge on any atom is -0.493 e. The van der Waals surface area contributed by atoms with Crippen LogP contribution in [0.3, 0.4) is 0 Å². The topological polar surface area (TPSA) is 68.1 Å². The van der Waals surface area contributed by atoms with Crippen LogP contribution in [0.4, 0.5) is 5.69 Å². The van der Waals surface area contributed by atoms with Crippen LogP contribution in [0.2, 0.25) is 5.02 Å². The summed E-state index contributed by atoms with van der Waals surface area (Å²) >= 11 is 6.35. The summed E-state index contributed by atoms with van der Waals surface area (Å²) in [5.74, 6) is 0.622. The predicted molar refractivity (Wildman–Crippen MR) is 93.5 cm³/mol. The number of rotatable bonds is 7. The Morgan fingerprint density at radius 3 is 2.46 bits per heavy atom. The second kappa shape index (κ2) is 8.50. The minimum absolute atomic E-state index is 0.0176. The van der Waals surface area contributed by atoms with E-state index < -0.39 is 4.92 Å². The Hall–Kier alpha value is -1.57. The molecule has 0 N–H and O–H groups in total. The molecule has 0 radical (unpaired) electrons. The van der Waals surface area contributed by atoms with Crippen LogP contribution in [0.15, 0.2) is 6.07 Å². The monoisotopic (exact) mass is 357 g/mol. The second-order valence-electron chi connectivity index (χ2n) is 5.93. The third-order valence-corrected chi connectivity index (χ3v) is 4.78. The first-order chi connectivity index (χ1) is 11.5. The number of nitrogens with zero attached hydrogens (tertiary/aromatic N) is 3. The highest BCUT2D eigenvalue weighted by Gasteiger charge is 2.25. The van der Waals surface area contributed by atoms with Crippen LogP contribution in [0.25, 0.3) is 0 Å². The molecular formula is C16H24ClN3O4. The van der Waals surface area contributed by atoms with E-state index in [0.29, 0.717) is 17.7 Å². The van der Waals surface area contributed by atoms with Crippen molar-refractivity contribution in [1.82, 2.24) is 9.80 Å². The fraction of sp³-hybridized carbons (Fsp3) is 0.625. The van der Waals surface area contributed by atoms with Crippen LogP contribution in [0.1, 0.15) is 12.0 Å².